The van der Waals surface area contributed by atoms with Gasteiger partial charge in [-0.2, -0.15) is 0 Å². The predicted octanol–water partition coefficient (Wildman–Crippen LogP) is 7.84. The van der Waals surface area contributed by atoms with Gasteiger partial charge >= 0.3 is 0 Å². The van der Waals surface area contributed by atoms with Gasteiger partial charge in [0.05, 0.1) is 43.3 Å². The van der Waals surface area contributed by atoms with E-state index in [0.29, 0.717) is 53.9 Å². The zero-order valence-corrected chi connectivity index (χ0v) is 28.0. The molecule has 4 heterocycles. The van der Waals surface area contributed by atoms with E-state index in [1.165, 1.54) is 16.7 Å². The summed E-state index contributed by atoms with van der Waals surface area (Å²) in [5, 5.41) is -0.297. The molecule has 2 unspecified atom stereocenters. The van der Waals surface area contributed by atoms with Crippen molar-refractivity contribution in [3.05, 3.63) is 90.9 Å². The van der Waals surface area contributed by atoms with Crippen LogP contribution in [-0.2, 0) is 11.2 Å². The number of amides is 1. The number of rotatable bonds is 4. The zero-order valence-electron chi connectivity index (χ0n) is 25.7. The molecule has 0 aliphatic carbocycles. The lowest BCUT2D eigenvalue weighted by Gasteiger charge is -2.49. The number of aromatic nitrogens is 2. The summed E-state index contributed by atoms with van der Waals surface area (Å²) in [5.74, 6) is -2.12. The Labute approximate surface area is 280 Å². The maximum atomic E-state index is 16.5. The first-order valence-corrected chi connectivity index (χ1v) is 16.1. The average molecular weight is 687 g/mol. The number of anilines is 2. The topological polar surface area (TPSA) is 84.5 Å². The Balaban J connectivity index is 1.76. The van der Waals surface area contributed by atoms with E-state index in [1.54, 1.807) is 17.2 Å². The fourth-order valence-electron chi connectivity index (χ4n) is 6.94. The Morgan fingerprint density at radius 3 is 2.52 bits per heavy atom. The number of nitrogens with zero attached hydrogens (tertiary/aromatic N) is 4. The van der Waals surface area contributed by atoms with Gasteiger partial charge in [0.1, 0.15) is 5.82 Å². The fraction of sp³-hybridized carbons (Fsp3) is 0.324. The molecule has 4 aromatic rings. The van der Waals surface area contributed by atoms with Crippen LogP contribution in [0.1, 0.15) is 49.9 Å². The Bertz CT molecular complexity index is 2000. The summed E-state index contributed by atoms with van der Waals surface area (Å²) < 4.78 is 33.7. The molecule has 7 nitrogen and oxygen atoms in total. The Morgan fingerprint density at radius 1 is 1.13 bits per heavy atom. The smallest absolute Gasteiger partial charge is 0.261 e. The number of fused-ring (bicyclic) bond motifs is 5. The highest BCUT2D eigenvalue weighted by Gasteiger charge is 2.40. The van der Waals surface area contributed by atoms with Gasteiger partial charge in [0.25, 0.3) is 5.56 Å². The minimum atomic E-state index is -0.993. The average Bonchev–Trinajstić information content (AvgIpc) is 3.01. The van der Waals surface area contributed by atoms with Crippen LogP contribution >= 0.6 is 34.8 Å². The highest BCUT2D eigenvalue weighted by Crippen LogP contribution is 2.48. The number of carbonyl (C=O) groups excluding carboxylic acids is 1. The van der Waals surface area contributed by atoms with Gasteiger partial charge in [-0.25, -0.2) is 8.78 Å². The molecule has 2 N–H and O–H groups in total. The second-order valence-corrected chi connectivity index (χ2v) is 13.5. The summed E-state index contributed by atoms with van der Waals surface area (Å²) in [6, 6.07) is 3.84. The summed E-state index contributed by atoms with van der Waals surface area (Å²) in [7, 11) is 0. The van der Waals surface area contributed by atoms with E-state index < -0.39 is 17.2 Å². The number of piperazine rings is 1. The Hall–Kier alpha value is -3.66. The lowest BCUT2D eigenvalue weighted by Crippen LogP contribution is -2.60. The monoisotopic (exact) mass is 685 g/mol. The van der Waals surface area contributed by atoms with Crippen LogP contribution in [0.25, 0.3) is 27.7 Å². The van der Waals surface area contributed by atoms with Crippen molar-refractivity contribution in [3.8, 4) is 16.8 Å². The van der Waals surface area contributed by atoms with E-state index in [1.807, 2.05) is 27.7 Å². The molecule has 1 fully saturated rings. The third kappa shape index (κ3) is 4.86. The fourth-order valence-corrected chi connectivity index (χ4v) is 7.77. The number of carbonyl (C=O) groups is 1. The van der Waals surface area contributed by atoms with Crippen molar-refractivity contribution >= 4 is 63.0 Å². The van der Waals surface area contributed by atoms with Gasteiger partial charge in [0.15, 0.2) is 5.82 Å². The normalized spacial score (nSPS) is 17.8. The van der Waals surface area contributed by atoms with Crippen molar-refractivity contribution in [3.63, 3.8) is 0 Å². The molecular weight excluding hydrogens is 655 g/mol. The van der Waals surface area contributed by atoms with Gasteiger partial charge in [-0.3, -0.25) is 19.1 Å². The molecule has 0 radical (unpaired) electrons. The second-order valence-electron chi connectivity index (χ2n) is 12.3. The van der Waals surface area contributed by atoms with E-state index >= 15 is 8.78 Å². The number of halogens is 5. The highest BCUT2D eigenvalue weighted by molar-refractivity contribution is 6.40. The van der Waals surface area contributed by atoms with E-state index in [-0.39, 0.29) is 61.3 Å². The number of nitrogens with two attached hydrogens (primary N) is 1. The summed E-state index contributed by atoms with van der Waals surface area (Å²) in [6.45, 7) is 12.2. The number of hydrogen-bond donors (Lipinski definition) is 1. The molecule has 240 valence electrons. The van der Waals surface area contributed by atoms with Gasteiger partial charge in [-0.1, -0.05) is 55.2 Å². The molecule has 6 rings (SSSR count). The molecule has 1 saturated heterocycles. The minimum absolute atomic E-state index is 0.0752. The number of hydrogen-bond acceptors (Lipinski definition) is 5. The number of pyridine rings is 2. The van der Waals surface area contributed by atoms with E-state index in [4.69, 9.17) is 40.5 Å². The van der Waals surface area contributed by atoms with E-state index in [2.05, 4.69) is 16.5 Å². The number of benzene rings is 2. The van der Waals surface area contributed by atoms with Crippen LogP contribution < -0.4 is 16.2 Å². The molecule has 0 spiro atoms. The largest absolute Gasteiger partial charge is 0.397 e. The van der Waals surface area contributed by atoms with Crippen LogP contribution in [0.15, 0.2) is 41.8 Å². The molecule has 2 aliphatic heterocycles. The minimum Gasteiger partial charge on any atom is -0.397 e. The van der Waals surface area contributed by atoms with Crippen molar-refractivity contribution in [1.29, 1.82) is 0 Å². The van der Waals surface area contributed by atoms with Gasteiger partial charge < -0.3 is 15.5 Å². The first-order chi connectivity index (χ1) is 21.8. The molecule has 2 atom stereocenters. The maximum Gasteiger partial charge on any atom is 0.261 e. The van der Waals surface area contributed by atoms with E-state index in [0.717, 1.165) is 11.6 Å². The molecule has 2 aromatic carbocycles. The molecule has 0 bridgehead atoms. The molecule has 1 amide bonds. The molecule has 0 saturated carbocycles. The predicted molar refractivity (Wildman–Crippen MR) is 182 cm³/mol. The summed E-state index contributed by atoms with van der Waals surface area (Å²) in [5.41, 5.74) is 7.99. The van der Waals surface area contributed by atoms with Gasteiger partial charge in [-0.05, 0) is 62.4 Å². The zero-order chi connectivity index (χ0) is 33.4. The Morgan fingerprint density at radius 2 is 1.85 bits per heavy atom. The lowest BCUT2D eigenvalue weighted by atomic mass is 9.89. The van der Waals surface area contributed by atoms with Crippen LogP contribution in [-0.4, -0.2) is 45.5 Å². The van der Waals surface area contributed by atoms with Crippen LogP contribution in [0.3, 0.4) is 0 Å². The van der Waals surface area contributed by atoms with Gasteiger partial charge in [-0.15, -0.1) is 0 Å². The van der Waals surface area contributed by atoms with E-state index in [9.17, 15) is 9.59 Å². The summed E-state index contributed by atoms with van der Waals surface area (Å²) >= 11 is 19.6. The van der Waals surface area contributed by atoms with Crippen LogP contribution in [0.4, 0.5) is 20.2 Å². The van der Waals surface area contributed by atoms with Crippen molar-refractivity contribution in [2.24, 2.45) is 0 Å². The molecule has 2 aliphatic rings. The van der Waals surface area contributed by atoms with Gasteiger partial charge in [0, 0.05) is 53.4 Å². The molecule has 46 heavy (non-hydrogen) atoms. The first kappa shape index (κ1) is 32.3. The van der Waals surface area contributed by atoms with Gasteiger partial charge in [0.2, 0.25) is 5.91 Å². The molecule has 2 aromatic heterocycles. The highest BCUT2D eigenvalue weighted by atomic mass is 35.5. The third-order valence-corrected chi connectivity index (χ3v) is 10.1. The third-order valence-electron chi connectivity index (χ3n) is 9.12. The van der Waals surface area contributed by atoms with Crippen molar-refractivity contribution < 1.29 is 13.6 Å². The van der Waals surface area contributed by atoms with Crippen LogP contribution in [0.5, 0.6) is 0 Å². The molecular formula is C34H32Cl3F2N5O2. The first-order valence-electron chi connectivity index (χ1n) is 15.0. The SMILES string of the molecule is C=CC(=O)N1CC2CCc3c(c4cc(F)c(-c5c(N)c(Cl)cc(Cl)c5F)c(Cl)c4n(-c4c(C)ccnc4C(C)C)c3=O)N2CC1C. The van der Waals surface area contributed by atoms with Crippen molar-refractivity contribution in [1.82, 2.24) is 14.5 Å². The Kier molecular flexibility index (Phi) is 8.32. The van der Waals surface area contributed by atoms with Crippen molar-refractivity contribution in [2.75, 3.05) is 23.7 Å². The van der Waals surface area contributed by atoms with Crippen LogP contribution in [0.2, 0.25) is 15.1 Å². The second kappa shape index (κ2) is 11.9. The lowest BCUT2D eigenvalue weighted by molar-refractivity contribution is -0.129. The standard InChI is InChI=1S/C34H32Cl3F2N5O2/c1-6-24(45)42-14-18-7-8-19-32(43(18)13-17(42)5)20-11-23(38)25(26-28(39)21(35)12-22(36)29(26)40)27(37)33(20)44(34(19)46)31-16(4)9-10-41-30(31)15(2)3/h6,9-12,15,17-18H,1,7-8,13-14,40H2,2-5H3. The summed E-state index contributed by atoms with van der Waals surface area (Å²) in [6.07, 6.45) is 3.95. The van der Waals surface area contributed by atoms with Crippen LogP contribution in [0, 0.1) is 18.6 Å². The quantitative estimate of drug-likeness (QED) is 0.134. The summed E-state index contributed by atoms with van der Waals surface area (Å²) in [4.78, 5) is 35.9. The van der Waals surface area contributed by atoms with Crippen molar-refractivity contribution in [2.45, 2.75) is 58.5 Å². The maximum absolute atomic E-state index is 16.5. The molecule has 12 heteroatoms. The number of nitrogen functional groups attached to an aromatic ring is 1. The number of aryl methyl sites for hydroxylation is 1.